The lowest BCUT2D eigenvalue weighted by Crippen LogP contribution is -2.66. The molecule has 8 atom stereocenters. The van der Waals surface area contributed by atoms with Crippen LogP contribution in [0.3, 0.4) is 0 Å². The van der Waals surface area contributed by atoms with E-state index >= 15 is 0 Å². The van der Waals surface area contributed by atoms with Crippen molar-refractivity contribution in [1.29, 1.82) is 0 Å². The molecule has 0 aromatic heterocycles. The first-order valence-electron chi connectivity index (χ1n) is 10.2. The number of rotatable bonds is 1. The molecule has 5 rings (SSSR count). The summed E-state index contributed by atoms with van der Waals surface area (Å²) in [6.07, 6.45) is 5.76. The quantitative estimate of drug-likeness (QED) is 0.672. The Morgan fingerprint density at radius 3 is 2.58 bits per heavy atom. The molecule has 0 unspecified atom stereocenters. The molecule has 1 heterocycles. The van der Waals surface area contributed by atoms with Gasteiger partial charge in [-0.3, -0.25) is 14.4 Å². The zero-order valence-electron chi connectivity index (χ0n) is 15.9. The van der Waals surface area contributed by atoms with Crippen LogP contribution in [0.5, 0.6) is 0 Å². The van der Waals surface area contributed by atoms with Crippen molar-refractivity contribution >= 4 is 17.7 Å². The summed E-state index contributed by atoms with van der Waals surface area (Å²) in [7, 11) is 0. The van der Waals surface area contributed by atoms with E-state index < -0.39 is 5.60 Å². The number of hydrogen-bond acceptors (Lipinski definition) is 5. The number of ketones is 1. The van der Waals surface area contributed by atoms with E-state index in [0.717, 1.165) is 32.1 Å². The predicted octanol–water partition coefficient (Wildman–Crippen LogP) is 3.05. The van der Waals surface area contributed by atoms with Crippen molar-refractivity contribution in [3.05, 3.63) is 0 Å². The minimum Gasteiger partial charge on any atom is -0.462 e. The Kier molecular flexibility index (Phi) is 3.16. The molecule has 5 fully saturated rings. The van der Waals surface area contributed by atoms with Gasteiger partial charge in [0.2, 0.25) is 0 Å². The third-order valence-electron chi connectivity index (χ3n) is 9.10. The van der Waals surface area contributed by atoms with Crippen molar-refractivity contribution in [3.63, 3.8) is 0 Å². The van der Waals surface area contributed by atoms with Gasteiger partial charge in [0, 0.05) is 30.6 Å². The molecule has 0 amide bonds. The normalized spacial score (nSPS) is 54.3. The monoisotopic (exact) mass is 360 g/mol. The summed E-state index contributed by atoms with van der Waals surface area (Å²) in [5.74, 6) is 0.908. The van der Waals surface area contributed by atoms with Crippen LogP contribution in [0.2, 0.25) is 0 Å². The smallest absolute Gasteiger partial charge is 0.313 e. The highest BCUT2D eigenvalue weighted by atomic mass is 16.6. The summed E-state index contributed by atoms with van der Waals surface area (Å²) in [5.41, 5.74) is -0.800. The molecule has 26 heavy (non-hydrogen) atoms. The Hall–Kier alpha value is -1.39. The molecule has 0 N–H and O–H groups in total. The number of carbonyl (C=O) groups is 3. The highest BCUT2D eigenvalue weighted by molar-refractivity contribution is 5.88. The molecule has 4 aliphatic carbocycles. The lowest BCUT2D eigenvalue weighted by Gasteiger charge is -2.57. The zero-order chi connectivity index (χ0) is 18.5. The molecule has 1 aliphatic heterocycles. The van der Waals surface area contributed by atoms with Crippen molar-refractivity contribution in [2.45, 2.75) is 77.4 Å². The third kappa shape index (κ3) is 1.71. The average Bonchev–Trinajstić information content (AvgIpc) is 2.94. The second-order valence-corrected chi connectivity index (χ2v) is 9.89. The second kappa shape index (κ2) is 4.90. The first kappa shape index (κ1) is 16.8. The summed E-state index contributed by atoms with van der Waals surface area (Å²) in [6.45, 7) is 5.87. The topological polar surface area (TPSA) is 69.7 Å². The minimum atomic E-state index is -0.491. The molecule has 142 valence electrons. The van der Waals surface area contributed by atoms with Crippen LogP contribution in [-0.4, -0.2) is 29.4 Å². The molecule has 5 aliphatic rings. The Bertz CT molecular complexity index is 715. The van der Waals surface area contributed by atoms with E-state index in [-0.39, 0.29) is 40.7 Å². The SMILES string of the molecule is CC(=O)O[C@H]1CC[C@]2(C)[C@H]3CC[C@]4(C)C(=O)CC[C@H]4[C@@H]3[C@H]3C(=O)O[C@]32C1. The van der Waals surface area contributed by atoms with E-state index in [2.05, 4.69) is 13.8 Å². The predicted molar refractivity (Wildman–Crippen MR) is 91.9 cm³/mol. The van der Waals surface area contributed by atoms with E-state index in [0.29, 0.717) is 30.5 Å². The van der Waals surface area contributed by atoms with Gasteiger partial charge < -0.3 is 9.47 Å². The summed E-state index contributed by atoms with van der Waals surface area (Å²) in [5, 5.41) is 0. The van der Waals surface area contributed by atoms with Gasteiger partial charge in [0.1, 0.15) is 23.4 Å². The molecule has 0 radical (unpaired) electrons. The molecule has 4 saturated carbocycles. The maximum absolute atomic E-state index is 12.6. The summed E-state index contributed by atoms with van der Waals surface area (Å²) in [6, 6.07) is 0. The fourth-order valence-corrected chi connectivity index (χ4v) is 7.90. The van der Waals surface area contributed by atoms with E-state index in [1.807, 2.05) is 0 Å². The largest absolute Gasteiger partial charge is 0.462 e. The van der Waals surface area contributed by atoms with Crippen molar-refractivity contribution in [2.24, 2.45) is 34.5 Å². The summed E-state index contributed by atoms with van der Waals surface area (Å²) < 4.78 is 11.5. The highest BCUT2D eigenvalue weighted by Crippen LogP contribution is 2.75. The number of ether oxygens (including phenoxy) is 2. The van der Waals surface area contributed by atoms with E-state index in [1.54, 1.807) is 0 Å². The van der Waals surface area contributed by atoms with Crippen LogP contribution in [0.15, 0.2) is 0 Å². The van der Waals surface area contributed by atoms with Crippen LogP contribution in [0.4, 0.5) is 0 Å². The number of Topliss-reactive ketones (excluding diaryl/α,β-unsaturated/α-hetero) is 1. The van der Waals surface area contributed by atoms with E-state index in [4.69, 9.17) is 9.47 Å². The van der Waals surface area contributed by atoms with Crippen LogP contribution in [0.1, 0.15) is 65.7 Å². The first-order valence-corrected chi connectivity index (χ1v) is 10.2. The molecule has 5 nitrogen and oxygen atoms in total. The molecule has 0 aromatic carbocycles. The minimum absolute atomic E-state index is 0.0557. The van der Waals surface area contributed by atoms with Gasteiger partial charge in [0.25, 0.3) is 0 Å². The van der Waals surface area contributed by atoms with Gasteiger partial charge in [-0.2, -0.15) is 0 Å². The lowest BCUT2D eigenvalue weighted by atomic mass is 9.55. The fourth-order valence-electron chi connectivity index (χ4n) is 7.90. The van der Waals surface area contributed by atoms with Gasteiger partial charge in [-0.25, -0.2) is 0 Å². The fraction of sp³-hybridized carbons (Fsp3) is 0.857. The summed E-state index contributed by atoms with van der Waals surface area (Å²) in [4.78, 5) is 36.7. The molecule has 1 saturated heterocycles. The summed E-state index contributed by atoms with van der Waals surface area (Å²) >= 11 is 0. The maximum Gasteiger partial charge on any atom is 0.313 e. The molecule has 1 spiro atoms. The van der Waals surface area contributed by atoms with Gasteiger partial charge in [-0.15, -0.1) is 0 Å². The lowest BCUT2D eigenvalue weighted by molar-refractivity contribution is -0.251. The van der Waals surface area contributed by atoms with Crippen LogP contribution in [0.25, 0.3) is 0 Å². The van der Waals surface area contributed by atoms with Crippen LogP contribution >= 0.6 is 0 Å². The van der Waals surface area contributed by atoms with Crippen LogP contribution < -0.4 is 0 Å². The number of fused-ring (bicyclic) bond motifs is 5. The van der Waals surface area contributed by atoms with Gasteiger partial charge in [-0.1, -0.05) is 13.8 Å². The van der Waals surface area contributed by atoms with Gasteiger partial charge in [-0.05, 0) is 49.9 Å². The number of carbonyl (C=O) groups excluding carboxylic acids is 3. The standard InChI is InChI=1S/C21H28O5/c1-11(22)25-12-6-9-20(3)14-7-8-19(2)13(4-5-15(19)23)16(14)17-18(24)26-21(17,20)10-12/h12-14,16-17H,4-10H2,1-3H3/t12-,13-,14-,16-,17-,19-,20+,21+/m0/s1. The number of esters is 2. The highest BCUT2D eigenvalue weighted by Gasteiger charge is 2.80. The van der Waals surface area contributed by atoms with E-state index in [9.17, 15) is 14.4 Å². The van der Waals surface area contributed by atoms with Gasteiger partial charge >= 0.3 is 11.9 Å². The maximum atomic E-state index is 12.6. The molecular formula is C21H28O5. The zero-order valence-corrected chi connectivity index (χ0v) is 15.9. The Morgan fingerprint density at radius 2 is 1.88 bits per heavy atom. The van der Waals surface area contributed by atoms with Crippen LogP contribution in [-0.2, 0) is 23.9 Å². The second-order valence-electron chi connectivity index (χ2n) is 9.89. The Balaban J connectivity index is 1.55. The molecule has 5 heteroatoms. The molecule has 0 bridgehead atoms. The van der Waals surface area contributed by atoms with Crippen molar-refractivity contribution < 1.29 is 23.9 Å². The van der Waals surface area contributed by atoms with Crippen molar-refractivity contribution in [2.75, 3.05) is 0 Å². The third-order valence-corrected chi connectivity index (χ3v) is 9.10. The first-order chi connectivity index (χ1) is 12.2. The molecular weight excluding hydrogens is 332 g/mol. The Morgan fingerprint density at radius 1 is 1.12 bits per heavy atom. The Labute approximate surface area is 154 Å². The van der Waals surface area contributed by atoms with Gasteiger partial charge in [0.05, 0.1) is 0 Å². The van der Waals surface area contributed by atoms with Crippen LogP contribution in [0, 0.1) is 34.5 Å². The van der Waals surface area contributed by atoms with Gasteiger partial charge in [0.15, 0.2) is 0 Å². The van der Waals surface area contributed by atoms with E-state index in [1.165, 1.54) is 6.92 Å². The van der Waals surface area contributed by atoms with Crippen molar-refractivity contribution in [3.8, 4) is 0 Å². The molecule has 0 aromatic rings. The van der Waals surface area contributed by atoms with Crippen molar-refractivity contribution in [1.82, 2.24) is 0 Å². The number of hydrogen-bond donors (Lipinski definition) is 0. The average molecular weight is 360 g/mol.